The van der Waals surface area contributed by atoms with Crippen LogP contribution in [0.1, 0.15) is 79.1 Å². The number of hydrogen-bond acceptors (Lipinski definition) is 7. The Morgan fingerprint density at radius 1 is 1.11 bits per heavy atom. The lowest BCUT2D eigenvalue weighted by atomic mass is 9.85. The Morgan fingerprint density at radius 3 is 2.45 bits per heavy atom. The van der Waals surface area contributed by atoms with Crippen molar-refractivity contribution in [2.75, 3.05) is 26.5 Å². The van der Waals surface area contributed by atoms with E-state index in [2.05, 4.69) is 68.0 Å². The van der Waals surface area contributed by atoms with Crippen molar-refractivity contribution in [3.8, 4) is 12.3 Å². The number of thioether (sulfide) groups is 2. The fourth-order valence-corrected chi connectivity index (χ4v) is 5.96. The molecule has 1 aliphatic carbocycles. The Labute approximate surface area is 295 Å². The molecule has 260 valence electrons. The molecule has 0 aromatic rings. The fraction of sp³-hybridized carbons (Fsp3) is 0.425. The number of rotatable bonds is 19. The minimum atomic E-state index is -0.249. The second-order valence-corrected chi connectivity index (χ2v) is 12.7. The zero-order valence-corrected chi connectivity index (χ0v) is 31.3. The van der Waals surface area contributed by atoms with Crippen molar-refractivity contribution < 1.29 is 19.5 Å². The number of hydrogen-bond donors (Lipinski definition) is 2. The van der Waals surface area contributed by atoms with Crippen LogP contribution in [0.15, 0.2) is 118 Å². The maximum Gasteiger partial charge on any atom is 0.344 e. The van der Waals surface area contributed by atoms with Gasteiger partial charge < -0.3 is 14.7 Å². The van der Waals surface area contributed by atoms with Crippen LogP contribution >= 0.6 is 23.5 Å². The summed E-state index contributed by atoms with van der Waals surface area (Å²) in [6, 6.07) is 0. The number of ether oxygens (including phenoxy) is 2. The van der Waals surface area contributed by atoms with Crippen LogP contribution < -0.4 is 5.48 Å². The molecule has 7 heteroatoms. The van der Waals surface area contributed by atoms with Crippen molar-refractivity contribution in [2.24, 2.45) is 5.92 Å². The van der Waals surface area contributed by atoms with E-state index in [1.165, 1.54) is 24.4 Å². The molecule has 1 rings (SSSR count). The summed E-state index contributed by atoms with van der Waals surface area (Å²) in [5, 5.41) is 7.32. The Balaban J connectivity index is 0. The van der Waals surface area contributed by atoms with Crippen molar-refractivity contribution in [1.82, 2.24) is 5.48 Å². The topological polar surface area (TPSA) is 67.8 Å². The predicted octanol–water partition coefficient (Wildman–Crippen LogP) is 11.2. The van der Waals surface area contributed by atoms with Gasteiger partial charge in [0.25, 0.3) is 0 Å². The molecular formula is C40H59NO4S2. The first-order valence-electron chi connectivity index (χ1n) is 16.1. The average molecular weight is 682 g/mol. The zero-order valence-electron chi connectivity index (χ0n) is 29.6. The van der Waals surface area contributed by atoms with Gasteiger partial charge in [-0.2, -0.15) is 0 Å². The third kappa shape index (κ3) is 27.7. The number of nitrogens with one attached hydrogen (secondary N) is 1. The molecule has 0 bridgehead atoms. The van der Waals surface area contributed by atoms with Crippen molar-refractivity contribution in [3.05, 3.63) is 118 Å². The Kier molecular flexibility index (Phi) is 33.4. The van der Waals surface area contributed by atoms with Crippen LogP contribution in [-0.4, -0.2) is 37.7 Å². The lowest BCUT2D eigenvalue weighted by Gasteiger charge is -2.24. The highest BCUT2D eigenvalue weighted by molar-refractivity contribution is 8.24. The SMILES string of the molecule is C#CC.C=C(/C=C\C=C/C)CCOC(=O)/C(SC(=C)SCC/C=C\C/C=C\C)=C1/CCCC(/C=C/C=C(\C/C=C\C)OC)C1.CNO. The first kappa shape index (κ1) is 46.0. The number of carbonyl (C=O) groups excluding carboxylic acids is 1. The summed E-state index contributed by atoms with van der Waals surface area (Å²) >= 11 is 3.18. The molecule has 0 aliphatic heterocycles. The normalized spacial score (nSPS) is 16.3. The largest absolute Gasteiger partial charge is 0.501 e. The molecule has 5 nitrogen and oxygen atoms in total. The molecule has 1 saturated carbocycles. The molecule has 1 atom stereocenters. The molecule has 0 saturated heterocycles. The van der Waals surface area contributed by atoms with Crippen molar-refractivity contribution in [2.45, 2.75) is 79.1 Å². The van der Waals surface area contributed by atoms with Crippen LogP contribution in [0.2, 0.25) is 0 Å². The molecule has 47 heavy (non-hydrogen) atoms. The van der Waals surface area contributed by atoms with Crippen molar-refractivity contribution in [3.63, 3.8) is 0 Å². The lowest BCUT2D eigenvalue weighted by Crippen LogP contribution is -2.14. The van der Waals surface area contributed by atoms with Gasteiger partial charge in [0.05, 0.1) is 24.4 Å². The molecule has 0 radical (unpaired) electrons. The van der Waals surface area contributed by atoms with Crippen molar-refractivity contribution in [1.29, 1.82) is 0 Å². The number of methoxy groups -OCH3 is 1. The summed E-state index contributed by atoms with van der Waals surface area (Å²) in [6.07, 6.45) is 38.7. The predicted molar refractivity (Wildman–Crippen MR) is 209 cm³/mol. The number of hydroxylamine groups is 1. The van der Waals surface area contributed by atoms with Crippen molar-refractivity contribution >= 4 is 29.5 Å². The van der Waals surface area contributed by atoms with Gasteiger partial charge >= 0.3 is 5.97 Å². The highest BCUT2D eigenvalue weighted by atomic mass is 32.2. The van der Waals surface area contributed by atoms with Gasteiger partial charge in [0, 0.05) is 29.9 Å². The minimum Gasteiger partial charge on any atom is -0.501 e. The molecule has 2 N–H and O–H groups in total. The van der Waals surface area contributed by atoms with E-state index in [1.54, 1.807) is 31.3 Å². The van der Waals surface area contributed by atoms with E-state index in [4.69, 9.17) is 14.7 Å². The van der Waals surface area contributed by atoms with Gasteiger partial charge in [-0.1, -0.05) is 103 Å². The summed E-state index contributed by atoms with van der Waals surface area (Å²) in [5.74, 6) is 4.23. The van der Waals surface area contributed by atoms with E-state index in [1.807, 2.05) is 57.2 Å². The van der Waals surface area contributed by atoms with E-state index >= 15 is 0 Å². The minimum absolute atomic E-state index is 0.249. The Hall–Kier alpha value is -3.15. The molecule has 0 amide bonds. The molecule has 0 aromatic carbocycles. The smallest absolute Gasteiger partial charge is 0.344 e. The monoisotopic (exact) mass is 681 g/mol. The number of carbonyl (C=O) groups is 1. The van der Waals surface area contributed by atoms with Gasteiger partial charge in [0.15, 0.2) is 0 Å². The number of terminal acetylenes is 1. The molecule has 0 aromatic heterocycles. The summed E-state index contributed by atoms with van der Waals surface area (Å²) < 4.78 is 12.2. The summed E-state index contributed by atoms with van der Waals surface area (Å²) in [6.45, 7) is 16.3. The van der Waals surface area contributed by atoms with Crippen LogP contribution in [0.5, 0.6) is 0 Å². The lowest BCUT2D eigenvalue weighted by molar-refractivity contribution is -0.138. The van der Waals surface area contributed by atoms with E-state index in [9.17, 15) is 4.79 Å². The molecule has 1 unspecified atom stereocenters. The van der Waals surface area contributed by atoms with E-state index in [0.717, 1.165) is 66.3 Å². The average Bonchev–Trinajstić information content (AvgIpc) is 3.05. The Bertz CT molecular complexity index is 1160. The molecule has 1 fully saturated rings. The first-order valence-corrected chi connectivity index (χ1v) is 17.9. The summed E-state index contributed by atoms with van der Waals surface area (Å²) in [5.41, 5.74) is 3.85. The highest BCUT2D eigenvalue weighted by Crippen LogP contribution is 2.41. The van der Waals surface area contributed by atoms with E-state index < -0.39 is 0 Å². The van der Waals surface area contributed by atoms with Crippen LogP contribution in [0.25, 0.3) is 0 Å². The van der Waals surface area contributed by atoms with Crippen LogP contribution in [0.3, 0.4) is 0 Å². The first-order chi connectivity index (χ1) is 22.8. The zero-order chi connectivity index (χ0) is 35.5. The fourth-order valence-electron chi connectivity index (χ4n) is 4.04. The molecule has 1 aliphatic rings. The van der Waals surface area contributed by atoms with Gasteiger partial charge in [-0.3, -0.25) is 0 Å². The van der Waals surface area contributed by atoms with E-state index in [0.29, 0.717) is 23.9 Å². The molecule has 0 heterocycles. The standard InChI is InChI=1S/C36H50O3S2.C3H4.CH5NO/c1-7-10-13-14-15-17-28-40-31(5)41-35(36(37)39-27-26-30(4)20-16-11-8-2)33-23-18-21-32(29-33)22-19-25-34(38-6)24-12-9-3;1-3-2;1-2-3/h7-12,14-16,19-20,22,25,32H,4-5,13,17-18,21,23-24,26-29H2,1-3,6H3;1H,2H3;2-3H,1H3/b10-7-,11-8-,12-9-,15-14-,20-16-,22-19+,34-25+,35-33+;;. The molecular weight excluding hydrogens is 623 g/mol. The highest BCUT2D eigenvalue weighted by Gasteiger charge is 2.24. The van der Waals surface area contributed by atoms with Gasteiger partial charge in [0.1, 0.15) is 0 Å². The summed E-state index contributed by atoms with van der Waals surface area (Å²) in [4.78, 5) is 14.1. The summed E-state index contributed by atoms with van der Waals surface area (Å²) in [7, 11) is 3.14. The van der Waals surface area contributed by atoms with Gasteiger partial charge in [-0.25, -0.2) is 10.3 Å². The van der Waals surface area contributed by atoms with Crippen LogP contribution in [0.4, 0.5) is 0 Å². The second-order valence-electron chi connectivity index (χ2n) is 10.1. The van der Waals surface area contributed by atoms with E-state index in [-0.39, 0.29) is 5.97 Å². The van der Waals surface area contributed by atoms with Gasteiger partial charge in [-0.05, 0) is 83.8 Å². The number of esters is 1. The van der Waals surface area contributed by atoms with Crippen LogP contribution in [0, 0.1) is 18.3 Å². The quantitative estimate of drug-likeness (QED) is 0.0205. The van der Waals surface area contributed by atoms with Gasteiger partial charge in [-0.15, -0.1) is 24.1 Å². The third-order valence-corrected chi connectivity index (χ3v) is 8.53. The third-order valence-electron chi connectivity index (χ3n) is 6.28. The van der Waals surface area contributed by atoms with Crippen LogP contribution in [-0.2, 0) is 14.3 Å². The maximum absolute atomic E-state index is 13.4. The maximum atomic E-state index is 13.4. The Morgan fingerprint density at radius 2 is 1.81 bits per heavy atom. The molecule has 0 spiro atoms. The number of allylic oxidation sites excluding steroid dienone is 14. The second kappa shape index (κ2) is 34.2. The van der Waals surface area contributed by atoms with Gasteiger partial charge in [0.2, 0.25) is 0 Å².